The number of halogens is 2. The molecule has 0 atom stereocenters. The summed E-state index contributed by atoms with van der Waals surface area (Å²) in [6.45, 7) is 1.65. The lowest BCUT2D eigenvalue weighted by molar-refractivity contribution is 0.0641. The molecule has 0 unspecified atom stereocenters. The smallest absolute Gasteiger partial charge is 0.270 e. The Morgan fingerprint density at radius 3 is 2.69 bits per heavy atom. The van der Waals surface area contributed by atoms with Crippen LogP contribution in [0.4, 0.5) is 14.5 Å². The van der Waals surface area contributed by atoms with Crippen molar-refractivity contribution in [2.45, 2.75) is 11.4 Å². The van der Waals surface area contributed by atoms with Crippen LogP contribution in [0, 0.1) is 11.6 Å². The van der Waals surface area contributed by atoms with Crippen LogP contribution in [0.1, 0.15) is 10.5 Å². The van der Waals surface area contributed by atoms with E-state index >= 15 is 0 Å². The molecular weight excluding hydrogens is 368 g/mol. The molecule has 1 amide bonds. The van der Waals surface area contributed by atoms with Gasteiger partial charge in [-0.25, -0.2) is 17.2 Å². The number of sulfonamides is 1. The quantitative estimate of drug-likeness (QED) is 0.820. The molecule has 1 aliphatic heterocycles. The summed E-state index contributed by atoms with van der Waals surface area (Å²) in [7, 11) is -2.60. The highest BCUT2D eigenvalue weighted by Gasteiger charge is 2.28. The van der Waals surface area contributed by atoms with E-state index in [-0.39, 0.29) is 22.2 Å². The standard InChI is InChI=1S/C16H17F2N3O4S/c1-25-7-6-20-4-5-21-10-12(9-15(21)16(20)22)26(23,24)19-14-3-2-11(17)8-13(14)18/h2-3,8-10,19H,4-7H2,1H3. The number of anilines is 1. The third-order valence-electron chi connectivity index (χ3n) is 4.04. The third-order valence-corrected chi connectivity index (χ3v) is 5.37. The van der Waals surface area contributed by atoms with Gasteiger partial charge in [-0.2, -0.15) is 0 Å². The van der Waals surface area contributed by atoms with Crippen LogP contribution in [0.5, 0.6) is 0 Å². The molecule has 10 heteroatoms. The Bertz CT molecular complexity index is 943. The molecule has 3 rings (SSSR count). The zero-order chi connectivity index (χ0) is 18.9. The lowest BCUT2D eigenvalue weighted by Crippen LogP contribution is -2.41. The lowest BCUT2D eigenvalue weighted by Gasteiger charge is -2.27. The summed E-state index contributed by atoms with van der Waals surface area (Å²) in [5, 5.41) is 0. The molecule has 0 bridgehead atoms. The van der Waals surface area contributed by atoms with Gasteiger partial charge < -0.3 is 14.2 Å². The first-order chi connectivity index (χ1) is 12.3. The van der Waals surface area contributed by atoms with E-state index in [2.05, 4.69) is 4.72 Å². The summed E-state index contributed by atoms with van der Waals surface area (Å²) in [6.07, 6.45) is 1.32. The zero-order valence-electron chi connectivity index (χ0n) is 13.9. The van der Waals surface area contributed by atoms with Gasteiger partial charge in [-0.05, 0) is 18.2 Å². The molecule has 1 aromatic carbocycles. The van der Waals surface area contributed by atoms with Crippen LogP contribution in [0.3, 0.4) is 0 Å². The van der Waals surface area contributed by atoms with Crippen LogP contribution in [0.25, 0.3) is 0 Å². The SMILES string of the molecule is COCCN1CCn2cc(S(=O)(=O)Nc3ccc(F)cc3F)cc2C1=O. The van der Waals surface area contributed by atoms with Crippen LogP contribution in [-0.4, -0.2) is 50.6 Å². The Kier molecular flexibility index (Phi) is 4.97. The van der Waals surface area contributed by atoms with Gasteiger partial charge in [0.05, 0.1) is 12.3 Å². The second-order valence-corrected chi connectivity index (χ2v) is 7.45. The summed E-state index contributed by atoms with van der Waals surface area (Å²) in [5.74, 6) is -2.14. The number of rotatable bonds is 6. The number of carbonyl (C=O) groups is 1. The monoisotopic (exact) mass is 385 g/mol. The van der Waals surface area contributed by atoms with E-state index < -0.39 is 21.7 Å². The maximum atomic E-state index is 13.7. The van der Waals surface area contributed by atoms with Crippen molar-refractivity contribution in [2.75, 3.05) is 31.5 Å². The van der Waals surface area contributed by atoms with Crippen molar-refractivity contribution in [3.8, 4) is 0 Å². The topological polar surface area (TPSA) is 80.6 Å². The Balaban J connectivity index is 1.85. The van der Waals surface area contributed by atoms with Gasteiger partial charge in [-0.3, -0.25) is 9.52 Å². The van der Waals surface area contributed by atoms with Crippen molar-refractivity contribution >= 4 is 21.6 Å². The fraction of sp³-hybridized carbons (Fsp3) is 0.312. The number of ether oxygens (including phenoxy) is 1. The number of fused-ring (bicyclic) bond motifs is 1. The van der Waals surface area contributed by atoms with E-state index in [4.69, 9.17) is 4.74 Å². The second-order valence-electron chi connectivity index (χ2n) is 5.77. The number of nitrogens with one attached hydrogen (secondary N) is 1. The highest BCUT2D eigenvalue weighted by Crippen LogP contribution is 2.23. The van der Waals surface area contributed by atoms with Gasteiger partial charge in [0.2, 0.25) is 0 Å². The Morgan fingerprint density at radius 2 is 2.00 bits per heavy atom. The average Bonchev–Trinajstić information content (AvgIpc) is 3.03. The zero-order valence-corrected chi connectivity index (χ0v) is 14.7. The molecule has 1 aliphatic rings. The minimum Gasteiger partial charge on any atom is -0.383 e. The molecule has 2 heterocycles. The summed E-state index contributed by atoms with van der Waals surface area (Å²) >= 11 is 0. The molecule has 0 spiro atoms. The Morgan fingerprint density at radius 1 is 1.23 bits per heavy atom. The highest BCUT2D eigenvalue weighted by molar-refractivity contribution is 7.92. The minimum atomic E-state index is -4.13. The van der Waals surface area contributed by atoms with E-state index in [1.54, 1.807) is 9.47 Å². The lowest BCUT2D eigenvalue weighted by atomic mass is 10.3. The van der Waals surface area contributed by atoms with Gasteiger partial charge >= 0.3 is 0 Å². The van der Waals surface area contributed by atoms with Gasteiger partial charge in [0, 0.05) is 39.0 Å². The highest BCUT2D eigenvalue weighted by atomic mass is 32.2. The Labute approximate surface area is 149 Å². The van der Waals surface area contributed by atoms with Crippen LogP contribution in [-0.2, 0) is 21.3 Å². The summed E-state index contributed by atoms with van der Waals surface area (Å²) < 4.78 is 60.2. The van der Waals surface area contributed by atoms with Crippen molar-refractivity contribution in [3.63, 3.8) is 0 Å². The molecule has 1 aromatic heterocycles. The molecule has 26 heavy (non-hydrogen) atoms. The van der Waals surface area contributed by atoms with Gasteiger partial charge in [-0.1, -0.05) is 0 Å². The fourth-order valence-corrected chi connectivity index (χ4v) is 3.78. The van der Waals surface area contributed by atoms with Gasteiger partial charge in [0.25, 0.3) is 15.9 Å². The summed E-state index contributed by atoms with van der Waals surface area (Å²) in [5.41, 5.74) is -0.143. The molecule has 0 saturated heterocycles. The molecule has 1 N–H and O–H groups in total. The van der Waals surface area contributed by atoms with Crippen LogP contribution in [0.2, 0.25) is 0 Å². The van der Waals surface area contributed by atoms with Crippen molar-refractivity contribution in [1.29, 1.82) is 0 Å². The average molecular weight is 385 g/mol. The predicted octanol–water partition coefficient (Wildman–Crippen LogP) is 1.67. The molecule has 0 saturated carbocycles. The maximum absolute atomic E-state index is 13.7. The van der Waals surface area contributed by atoms with Crippen LogP contribution >= 0.6 is 0 Å². The van der Waals surface area contributed by atoms with E-state index in [9.17, 15) is 22.0 Å². The number of methoxy groups -OCH3 is 1. The summed E-state index contributed by atoms with van der Waals surface area (Å²) in [4.78, 5) is 13.8. The number of carbonyl (C=O) groups excluding carboxylic acids is 1. The van der Waals surface area contributed by atoms with Crippen LogP contribution in [0.15, 0.2) is 35.4 Å². The van der Waals surface area contributed by atoms with E-state index in [0.29, 0.717) is 32.3 Å². The normalized spacial score (nSPS) is 14.4. The molecule has 0 aliphatic carbocycles. The molecular formula is C16H17F2N3O4S. The van der Waals surface area contributed by atoms with E-state index in [0.717, 1.165) is 12.1 Å². The number of hydrogen-bond acceptors (Lipinski definition) is 4. The molecule has 140 valence electrons. The molecule has 7 nitrogen and oxygen atoms in total. The van der Waals surface area contributed by atoms with Crippen molar-refractivity contribution in [1.82, 2.24) is 9.47 Å². The van der Waals surface area contributed by atoms with Crippen molar-refractivity contribution < 1.29 is 26.7 Å². The third kappa shape index (κ3) is 3.56. The maximum Gasteiger partial charge on any atom is 0.270 e. The second kappa shape index (κ2) is 7.04. The Hall–Kier alpha value is -2.46. The number of hydrogen-bond donors (Lipinski definition) is 1. The molecule has 0 fully saturated rings. The van der Waals surface area contributed by atoms with E-state index in [1.165, 1.54) is 19.4 Å². The van der Waals surface area contributed by atoms with Crippen molar-refractivity contribution in [2.24, 2.45) is 0 Å². The fourth-order valence-electron chi connectivity index (χ4n) is 2.68. The van der Waals surface area contributed by atoms with Crippen LogP contribution < -0.4 is 4.72 Å². The first kappa shape index (κ1) is 18.3. The number of nitrogens with zero attached hydrogens (tertiary/aromatic N) is 2. The van der Waals surface area contributed by atoms with E-state index in [1.807, 2.05) is 0 Å². The number of aromatic nitrogens is 1. The first-order valence-electron chi connectivity index (χ1n) is 7.78. The number of amides is 1. The minimum absolute atomic E-state index is 0.168. The number of benzene rings is 1. The van der Waals surface area contributed by atoms with Crippen molar-refractivity contribution in [3.05, 3.63) is 47.8 Å². The van der Waals surface area contributed by atoms with Gasteiger partial charge in [0.15, 0.2) is 0 Å². The van der Waals surface area contributed by atoms with Gasteiger partial charge in [0.1, 0.15) is 22.2 Å². The molecule has 2 aromatic rings. The predicted molar refractivity (Wildman–Crippen MR) is 89.4 cm³/mol. The first-order valence-corrected chi connectivity index (χ1v) is 9.26. The largest absolute Gasteiger partial charge is 0.383 e. The summed E-state index contributed by atoms with van der Waals surface area (Å²) in [6, 6.07) is 3.77. The van der Waals surface area contributed by atoms with Gasteiger partial charge in [-0.15, -0.1) is 0 Å². The molecule has 0 radical (unpaired) electrons.